The van der Waals surface area contributed by atoms with E-state index in [0.29, 0.717) is 12.1 Å². The van der Waals surface area contributed by atoms with Crippen molar-refractivity contribution in [3.05, 3.63) is 94.8 Å². The highest BCUT2D eigenvalue weighted by molar-refractivity contribution is 5.96. The topological polar surface area (TPSA) is 44.7 Å². The Hall–Kier alpha value is -3.31. The predicted molar refractivity (Wildman–Crippen MR) is 125 cm³/mol. The molecule has 162 valence electrons. The summed E-state index contributed by atoms with van der Waals surface area (Å²) in [5.41, 5.74) is 5.79. The van der Waals surface area contributed by atoms with Gasteiger partial charge in [-0.1, -0.05) is 36.4 Å². The molecule has 2 heterocycles. The van der Waals surface area contributed by atoms with Gasteiger partial charge in [-0.3, -0.25) is 9.79 Å². The summed E-state index contributed by atoms with van der Waals surface area (Å²) in [4.78, 5) is 19.9. The molecule has 1 saturated heterocycles. The van der Waals surface area contributed by atoms with Gasteiger partial charge in [0.15, 0.2) is 0 Å². The predicted octanol–water partition coefficient (Wildman–Crippen LogP) is 4.99. The number of rotatable bonds is 6. The number of nitrogens with one attached hydrogen (secondary N) is 1. The second kappa shape index (κ2) is 9.05. The molecule has 0 bridgehead atoms. The van der Waals surface area contributed by atoms with Crippen molar-refractivity contribution in [2.75, 3.05) is 19.6 Å². The highest BCUT2D eigenvalue weighted by atomic mass is 19.1. The smallest absolute Gasteiger partial charge is 0.251 e. The van der Waals surface area contributed by atoms with E-state index in [1.165, 1.54) is 17.7 Å². The summed E-state index contributed by atoms with van der Waals surface area (Å²) in [5.74, 6) is -0.437. The molecule has 5 heteroatoms. The molecule has 1 unspecified atom stereocenters. The number of carbonyl (C=O) groups excluding carboxylic acids is 1. The number of benzene rings is 3. The average molecular weight is 428 g/mol. The van der Waals surface area contributed by atoms with Gasteiger partial charge in [-0.2, -0.15) is 0 Å². The fraction of sp³-hybridized carbons (Fsp3) is 0.259. The van der Waals surface area contributed by atoms with Gasteiger partial charge in [0.25, 0.3) is 5.91 Å². The van der Waals surface area contributed by atoms with Crippen molar-refractivity contribution in [3.8, 4) is 11.1 Å². The third-order valence-corrected chi connectivity index (χ3v) is 6.29. The maximum absolute atomic E-state index is 13.9. The van der Waals surface area contributed by atoms with Gasteiger partial charge < -0.3 is 10.2 Å². The molecule has 5 rings (SSSR count). The summed E-state index contributed by atoms with van der Waals surface area (Å²) in [5, 5.41) is 3.16. The number of carbonyl (C=O) groups is 1. The Balaban J connectivity index is 1.38. The lowest BCUT2D eigenvalue weighted by Gasteiger charge is -2.25. The minimum atomic E-state index is -0.287. The van der Waals surface area contributed by atoms with Crippen LogP contribution in [0.5, 0.6) is 0 Å². The van der Waals surface area contributed by atoms with E-state index in [2.05, 4.69) is 33.4 Å². The van der Waals surface area contributed by atoms with Gasteiger partial charge in [0.05, 0.1) is 12.6 Å². The summed E-state index contributed by atoms with van der Waals surface area (Å²) in [7, 11) is 0. The lowest BCUT2D eigenvalue weighted by Crippen LogP contribution is -2.37. The molecule has 3 aromatic rings. The monoisotopic (exact) mass is 427 g/mol. The second-order valence-electron chi connectivity index (χ2n) is 8.55. The summed E-state index contributed by atoms with van der Waals surface area (Å²) >= 11 is 0. The Kier molecular flexibility index (Phi) is 5.82. The molecule has 32 heavy (non-hydrogen) atoms. The van der Waals surface area contributed by atoms with Crippen LogP contribution in [0.25, 0.3) is 11.1 Å². The third kappa shape index (κ3) is 4.48. The minimum Gasteiger partial charge on any atom is -0.344 e. The molecule has 0 aliphatic carbocycles. The van der Waals surface area contributed by atoms with Crippen molar-refractivity contribution < 1.29 is 9.18 Å². The first kappa shape index (κ1) is 20.6. The van der Waals surface area contributed by atoms with E-state index < -0.39 is 0 Å². The largest absolute Gasteiger partial charge is 0.344 e. The van der Waals surface area contributed by atoms with Crippen LogP contribution in [0.3, 0.4) is 0 Å². The van der Waals surface area contributed by atoms with Gasteiger partial charge in [0.2, 0.25) is 0 Å². The van der Waals surface area contributed by atoms with E-state index >= 15 is 0 Å². The van der Waals surface area contributed by atoms with E-state index in [9.17, 15) is 9.18 Å². The molecule has 0 spiro atoms. The summed E-state index contributed by atoms with van der Waals surface area (Å²) < 4.78 is 13.9. The average Bonchev–Trinajstić information content (AvgIpc) is 3.50. The van der Waals surface area contributed by atoms with Crippen LogP contribution >= 0.6 is 0 Å². The first-order valence-corrected chi connectivity index (χ1v) is 11.2. The molecule has 0 radical (unpaired) electrons. The van der Waals surface area contributed by atoms with Gasteiger partial charge in [0, 0.05) is 18.3 Å². The fourth-order valence-corrected chi connectivity index (χ4v) is 4.54. The highest BCUT2D eigenvalue weighted by Crippen LogP contribution is 2.26. The number of amides is 1. The lowest BCUT2D eigenvalue weighted by atomic mass is 9.98. The van der Waals surface area contributed by atoms with Crippen molar-refractivity contribution in [1.29, 1.82) is 0 Å². The van der Waals surface area contributed by atoms with Crippen LogP contribution in [-0.4, -0.2) is 36.7 Å². The highest BCUT2D eigenvalue weighted by Gasteiger charge is 2.22. The third-order valence-electron chi connectivity index (χ3n) is 6.29. The lowest BCUT2D eigenvalue weighted by molar-refractivity contribution is 0.0927. The van der Waals surface area contributed by atoms with Gasteiger partial charge >= 0.3 is 0 Å². The van der Waals surface area contributed by atoms with Gasteiger partial charge in [-0.15, -0.1) is 0 Å². The van der Waals surface area contributed by atoms with Gasteiger partial charge in [-0.05, 0) is 84.1 Å². The summed E-state index contributed by atoms with van der Waals surface area (Å²) in [6.07, 6.45) is 4.23. The SMILES string of the molecule is O=C(NC(CN1CCCC1)c1cccc(F)c1)c1cccc(-c2ccc3c(c2)C=NC3)c1. The molecule has 1 atom stereocenters. The van der Waals surface area contributed by atoms with E-state index in [1.54, 1.807) is 6.07 Å². The van der Waals surface area contributed by atoms with Crippen LogP contribution in [0.2, 0.25) is 0 Å². The number of halogens is 1. The molecule has 1 N–H and O–H groups in total. The zero-order valence-electron chi connectivity index (χ0n) is 17.9. The van der Waals surface area contributed by atoms with Gasteiger partial charge in [0.1, 0.15) is 5.82 Å². The number of hydrogen-bond donors (Lipinski definition) is 1. The quantitative estimate of drug-likeness (QED) is 0.602. The number of likely N-dealkylation sites (tertiary alicyclic amines) is 1. The maximum atomic E-state index is 13.9. The van der Waals surface area contributed by atoms with Crippen LogP contribution in [-0.2, 0) is 6.54 Å². The first-order chi connectivity index (χ1) is 15.7. The van der Waals surface area contributed by atoms with Crippen molar-refractivity contribution in [2.45, 2.75) is 25.4 Å². The molecular weight excluding hydrogens is 401 g/mol. The first-order valence-electron chi connectivity index (χ1n) is 11.2. The zero-order valence-corrected chi connectivity index (χ0v) is 17.9. The van der Waals surface area contributed by atoms with Crippen molar-refractivity contribution in [2.24, 2.45) is 4.99 Å². The summed E-state index contributed by atoms with van der Waals surface area (Å²) in [6, 6.07) is 20.2. The Labute approximate surface area is 187 Å². The molecule has 2 aliphatic rings. The molecule has 3 aromatic carbocycles. The van der Waals surface area contributed by atoms with Crippen LogP contribution in [0.4, 0.5) is 4.39 Å². The van der Waals surface area contributed by atoms with Crippen LogP contribution in [0.15, 0.2) is 71.7 Å². The molecular formula is C27H26FN3O. The van der Waals surface area contributed by atoms with Crippen LogP contribution < -0.4 is 5.32 Å². The molecule has 4 nitrogen and oxygen atoms in total. The maximum Gasteiger partial charge on any atom is 0.251 e. The zero-order chi connectivity index (χ0) is 21.9. The molecule has 0 aromatic heterocycles. The standard InChI is InChI=1S/C27H26FN3O/c28-25-8-4-6-21(15-25)26(18-31-11-1-2-12-31)30-27(32)22-7-3-5-19(13-22)20-9-10-23-16-29-17-24(23)14-20/h3-10,13-15,17,26H,1-2,11-12,16,18H2,(H,30,32). The van der Waals surface area contributed by atoms with Gasteiger partial charge in [-0.25, -0.2) is 4.39 Å². The Morgan fingerprint density at radius 1 is 1.00 bits per heavy atom. The van der Waals surface area contributed by atoms with Crippen molar-refractivity contribution in [1.82, 2.24) is 10.2 Å². The second-order valence-corrected chi connectivity index (χ2v) is 8.55. The molecule has 1 amide bonds. The van der Waals surface area contributed by atoms with E-state index in [4.69, 9.17) is 0 Å². The number of hydrogen-bond acceptors (Lipinski definition) is 3. The molecule has 2 aliphatic heterocycles. The van der Waals surface area contributed by atoms with E-state index in [1.807, 2.05) is 36.5 Å². The van der Waals surface area contributed by atoms with E-state index in [-0.39, 0.29) is 17.8 Å². The van der Waals surface area contributed by atoms with E-state index in [0.717, 1.165) is 54.7 Å². The van der Waals surface area contributed by atoms with Crippen LogP contribution in [0, 0.1) is 5.82 Å². The molecule has 1 fully saturated rings. The van der Waals surface area contributed by atoms with Crippen molar-refractivity contribution in [3.63, 3.8) is 0 Å². The fourth-order valence-electron chi connectivity index (χ4n) is 4.54. The Morgan fingerprint density at radius 2 is 1.81 bits per heavy atom. The normalized spacial score (nSPS) is 16.2. The van der Waals surface area contributed by atoms with Crippen molar-refractivity contribution >= 4 is 12.1 Å². The summed E-state index contributed by atoms with van der Waals surface area (Å²) in [6.45, 7) is 3.44. The Morgan fingerprint density at radius 3 is 2.66 bits per heavy atom. The number of aliphatic imine (C=N–C) groups is 1. The number of nitrogens with zero attached hydrogens (tertiary/aromatic N) is 2. The minimum absolute atomic E-state index is 0.150. The Bertz CT molecular complexity index is 1170. The van der Waals surface area contributed by atoms with Crippen LogP contribution in [0.1, 0.15) is 45.9 Å². The number of fused-ring (bicyclic) bond motifs is 1. The molecule has 0 saturated carbocycles.